The van der Waals surface area contributed by atoms with E-state index in [0.29, 0.717) is 38.9 Å². The summed E-state index contributed by atoms with van der Waals surface area (Å²) in [4.78, 5) is 21.1. The smallest absolute Gasteiger partial charge is 0.223 e. The largest absolute Gasteiger partial charge is 0.491 e. The Morgan fingerprint density at radius 3 is 2.77 bits per heavy atom. The van der Waals surface area contributed by atoms with Gasteiger partial charge in [-0.2, -0.15) is 0 Å². The van der Waals surface area contributed by atoms with Crippen molar-refractivity contribution in [2.75, 3.05) is 33.3 Å². The number of hydrogen-bond donors (Lipinski definition) is 1. The molecule has 1 aliphatic rings. The lowest BCUT2D eigenvalue weighted by Crippen LogP contribution is -2.39. The molecular formula is C25H35N3O3. The molecule has 1 saturated heterocycles. The van der Waals surface area contributed by atoms with Crippen molar-refractivity contribution in [2.45, 2.75) is 51.7 Å². The van der Waals surface area contributed by atoms with Crippen molar-refractivity contribution >= 4 is 5.91 Å². The fourth-order valence-corrected chi connectivity index (χ4v) is 3.89. The average molecular weight is 426 g/mol. The van der Waals surface area contributed by atoms with E-state index in [-0.39, 0.29) is 12.5 Å². The van der Waals surface area contributed by atoms with E-state index < -0.39 is 5.60 Å². The fourth-order valence-electron chi connectivity index (χ4n) is 3.89. The Bertz CT molecular complexity index is 858. The van der Waals surface area contributed by atoms with Gasteiger partial charge in [0.2, 0.25) is 5.91 Å². The highest BCUT2D eigenvalue weighted by molar-refractivity contribution is 5.76. The van der Waals surface area contributed by atoms with E-state index in [0.717, 1.165) is 24.4 Å². The molecule has 1 N–H and O–H groups in total. The summed E-state index contributed by atoms with van der Waals surface area (Å²) in [7, 11) is 2.01. The molecule has 1 aromatic carbocycles. The zero-order valence-corrected chi connectivity index (χ0v) is 19.0. The predicted octanol–water partition coefficient (Wildman–Crippen LogP) is 3.34. The number of nitrogens with zero attached hydrogens (tertiary/aromatic N) is 3. The summed E-state index contributed by atoms with van der Waals surface area (Å²) >= 11 is 0. The highest BCUT2D eigenvalue weighted by Gasteiger charge is 2.32. The number of carbonyl (C=O) groups excluding carboxylic acids is 1. The number of hydrogen-bond acceptors (Lipinski definition) is 5. The van der Waals surface area contributed by atoms with Gasteiger partial charge in [0.1, 0.15) is 18.0 Å². The maximum Gasteiger partial charge on any atom is 0.223 e. The van der Waals surface area contributed by atoms with E-state index in [1.807, 2.05) is 48.3 Å². The van der Waals surface area contributed by atoms with E-state index in [1.54, 1.807) is 6.20 Å². The SMILES string of the molecule is Cc1ccc(OCC2(O)CCCN(C(=O)CCN(C)Cc3ccccn3)CC2)cc1C. The molecule has 6 nitrogen and oxygen atoms in total. The van der Waals surface area contributed by atoms with Crippen LogP contribution in [-0.2, 0) is 11.3 Å². The molecule has 0 bridgehead atoms. The van der Waals surface area contributed by atoms with Crippen LogP contribution < -0.4 is 4.74 Å². The Balaban J connectivity index is 1.44. The molecule has 168 valence electrons. The van der Waals surface area contributed by atoms with Gasteiger partial charge in [0.25, 0.3) is 0 Å². The number of benzene rings is 1. The summed E-state index contributed by atoms with van der Waals surface area (Å²) in [6, 6.07) is 11.9. The van der Waals surface area contributed by atoms with Crippen LogP contribution in [0, 0.1) is 13.8 Å². The van der Waals surface area contributed by atoms with Gasteiger partial charge >= 0.3 is 0 Å². The molecule has 0 radical (unpaired) electrons. The van der Waals surface area contributed by atoms with Crippen LogP contribution in [0.25, 0.3) is 0 Å². The van der Waals surface area contributed by atoms with Crippen LogP contribution in [0.3, 0.4) is 0 Å². The highest BCUT2D eigenvalue weighted by Crippen LogP contribution is 2.25. The van der Waals surface area contributed by atoms with Gasteiger partial charge in [-0.15, -0.1) is 0 Å². The number of carbonyl (C=O) groups is 1. The second-order valence-corrected chi connectivity index (χ2v) is 8.80. The molecule has 0 aliphatic carbocycles. The molecule has 6 heteroatoms. The average Bonchev–Trinajstić information content (AvgIpc) is 2.96. The van der Waals surface area contributed by atoms with Gasteiger partial charge in [-0.05, 0) is 75.5 Å². The zero-order chi connectivity index (χ0) is 22.3. The standard InChI is InChI=1S/C25H35N3O3/c1-20-8-9-23(17-21(20)2)31-19-25(30)11-6-14-28(16-12-25)24(29)10-15-27(3)18-22-7-4-5-13-26-22/h4-5,7-9,13,17,30H,6,10-12,14-16,18-19H2,1-3H3. The Labute approximate surface area is 185 Å². The van der Waals surface area contributed by atoms with Crippen LogP contribution in [0.2, 0.25) is 0 Å². The van der Waals surface area contributed by atoms with Crippen LogP contribution >= 0.6 is 0 Å². The second kappa shape index (κ2) is 10.7. The summed E-state index contributed by atoms with van der Waals surface area (Å²) in [5, 5.41) is 11.0. The molecular weight excluding hydrogens is 390 g/mol. The number of likely N-dealkylation sites (tertiary alicyclic amines) is 1. The van der Waals surface area contributed by atoms with Crippen molar-refractivity contribution in [1.82, 2.24) is 14.8 Å². The number of rotatable bonds is 8. The number of amides is 1. The van der Waals surface area contributed by atoms with E-state index in [1.165, 1.54) is 11.1 Å². The van der Waals surface area contributed by atoms with Crippen molar-refractivity contribution < 1.29 is 14.6 Å². The van der Waals surface area contributed by atoms with E-state index in [2.05, 4.69) is 23.7 Å². The number of aromatic nitrogens is 1. The Hall–Kier alpha value is -2.44. The van der Waals surface area contributed by atoms with Crippen molar-refractivity contribution in [2.24, 2.45) is 0 Å². The van der Waals surface area contributed by atoms with Crippen LogP contribution in [0.15, 0.2) is 42.6 Å². The second-order valence-electron chi connectivity index (χ2n) is 8.80. The molecule has 1 aromatic heterocycles. The monoisotopic (exact) mass is 425 g/mol. The molecule has 1 atom stereocenters. The van der Waals surface area contributed by atoms with Crippen molar-refractivity contribution in [3.63, 3.8) is 0 Å². The maximum absolute atomic E-state index is 12.7. The summed E-state index contributed by atoms with van der Waals surface area (Å²) < 4.78 is 5.91. The zero-order valence-electron chi connectivity index (χ0n) is 19.0. The summed E-state index contributed by atoms with van der Waals surface area (Å²) in [5.74, 6) is 0.928. The number of pyridine rings is 1. The lowest BCUT2D eigenvalue weighted by atomic mass is 9.96. The van der Waals surface area contributed by atoms with Crippen LogP contribution in [0.1, 0.15) is 42.5 Å². The summed E-state index contributed by atoms with van der Waals surface area (Å²) in [6.07, 6.45) is 4.22. The topological polar surface area (TPSA) is 65.9 Å². The van der Waals surface area contributed by atoms with Crippen molar-refractivity contribution in [1.29, 1.82) is 0 Å². The molecule has 2 heterocycles. The molecule has 0 saturated carbocycles. The summed E-state index contributed by atoms with van der Waals surface area (Å²) in [6.45, 7) is 7.05. The predicted molar refractivity (Wildman–Crippen MR) is 122 cm³/mol. The van der Waals surface area contributed by atoms with Crippen LogP contribution in [0.4, 0.5) is 0 Å². The molecule has 3 rings (SSSR count). The number of aryl methyl sites for hydroxylation is 2. The van der Waals surface area contributed by atoms with Gasteiger partial charge in [0, 0.05) is 38.8 Å². The van der Waals surface area contributed by atoms with Gasteiger partial charge in [0.15, 0.2) is 0 Å². The van der Waals surface area contributed by atoms with Crippen LogP contribution in [-0.4, -0.2) is 64.7 Å². The molecule has 1 aliphatic heterocycles. The first-order valence-electron chi connectivity index (χ1n) is 11.1. The number of ether oxygens (including phenoxy) is 1. The van der Waals surface area contributed by atoms with Gasteiger partial charge in [0.05, 0.1) is 5.69 Å². The third-order valence-corrected chi connectivity index (χ3v) is 6.12. The first-order chi connectivity index (χ1) is 14.8. The third-order valence-electron chi connectivity index (χ3n) is 6.12. The normalized spacial score (nSPS) is 19.3. The molecule has 2 aromatic rings. The van der Waals surface area contributed by atoms with E-state index >= 15 is 0 Å². The quantitative estimate of drug-likeness (QED) is 0.703. The van der Waals surface area contributed by atoms with Gasteiger partial charge in [-0.25, -0.2) is 0 Å². The number of aliphatic hydroxyl groups is 1. The Morgan fingerprint density at radius 2 is 2.03 bits per heavy atom. The molecule has 0 spiro atoms. The molecule has 1 unspecified atom stereocenters. The van der Waals surface area contributed by atoms with Crippen molar-refractivity contribution in [3.05, 3.63) is 59.4 Å². The molecule has 1 fully saturated rings. The third kappa shape index (κ3) is 7.04. The molecule has 1 amide bonds. The van der Waals surface area contributed by atoms with E-state index in [9.17, 15) is 9.90 Å². The summed E-state index contributed by atoms with van der Waals surface area (Å²) in [5.41, 5.74) is 2.50. The maximum atomic E-state index is 12.7. The lowest BCUT2D eigenvalue weighted by Gasteiger charge is -2.27. The van der Waals surface area contributed by atoms with Gasteiger partial charge < -0.3 is 19.6 Å². The Kier molecular flexibility index (Phi) is 8.04. The molecule has 31 heavy (non-hydrogen) atoms. The highest BCUT2D eigenvalue weighted by atomic mass is 16.5. The minimum atomic E-state index is -0.899. The lowest BCUT2D eigenvalue weighted by molar-refractivity contribution is -0.131. The minimum absolute atomic E-state index is 0.146. The van der Waals surface area contributed by atoms with Crippen LogP contribution in [0.5, 0.6) is 5.75 Å². The Morgan fingerprint density at radius 1 is 1.19 bits per heavy atom. The first-order valence-corrected chi connectivity index (χ1v) is 11.1. The minimum Gasteiger partial charge on any atom is -0.491 e. The first kappa shape index (κ1) is 23.2. The van der Waals surface area contributed by atoms with E-state index in [4.69, 9.17) is 4.74 Å². The fraction of sp³-hybridized carbons (Fsp3) is 0.520. The van der Waals surface area contributed by atoms with Gasteiger partial charge in [-0.1, -0.05) is 12.1 Å². The van der Waals surface area contributed by atoms with Gasteiger partial charge in [-0.3, -0.25) is 9.78 Å². The van der Waals surface area contributed by atoms with Crippen molar-refractivity contribution in [3.8, 4) is 5.75 Å².